The Bertz CT molecular complexity index is 367. The standard InChI is InChI=1S/C12H15NO3S/c1-15-12(14)13-10(11-7-16-11)8-17-9-5-3-2-4-6-9/h2-6,10-11H,7-8H2,1H3,(H,13,14)/t10-,11+/m1/s1. The molecular weight excluding hydrogens is 238 g/mol. The molecule has 0 spiro atoms. The first kappa shape index (κ1) is 12.3. The average Bonchev–Trinajstić information content (AvgIpc) is 3.19. The summed E-state index contributed by atoms with van der Waals surface area (Å²) in [6.07, 6.45) is -0.274. The van der Waals surface area contributed by atoms with Crippen molar-refractivity contribution >= 4 is 17.9 Å². The summed E-state index contributed by atoms with van der Waals surface area (Å²) in [6, 6.07) is 10.1. The van der Waals surface area contributed by atoms with Gasteiger partial charge in [0.2, 0.25) is 0 Å². The van der Waals surface area contributed by atoms with Crippen molar-refractivity contribution in [3.63, 3.8) is 0 Å². The number of ether oxygens (including phenoxy) is 2. The monoisotopic (exact) mass is 253 g/mol. The van der Waals surface area contributed by atoms with E-state index < -0.39 is 6.09 Å². The van der Waals surface area contributed by atoms with Crippen LogP contribution >= 0.6 is 11.8 Å². The molecule has 1 fully saturated rings. The number of methoxy groups -OCH3 is 1. The minimum Gasteiger partial charge on any atom is -0.453 e. The van der Waals surface area contributed by atoms with E-state index in [-0.39, 0.29) is 12.1 Å². The van der Waals surface area contributed by atoms with Crippen LogP contribution in [-0.2, 0) is 9.47 Å². The van der Waals surface area contributed by atoms with Gasteiger partial charge in [-0.1, -0.05) is 18.2 Å². The number of rotatable bonds is 5. The summed E-state index contributed by atoms with van der Waals surface area (Å²) >= 11 is 1.70. The van der Waals surface area contributed by atoms with Gasteiger partial charge in [-0.15, -0.1) is 11.8 Å². The molecule has 1 aliphatic heterocycles. The van der Waals surface area contributed by atoms with Gasteiger partial charge >= 0.3 is 6.09 Å². The van der Waals surface area contributed by atoms with Crippen LogP contribution in [0.2, 0.25) is 0 Å². The van der Waals surface area contributed by atoms with Gasteiger partial charge in [0, 0.05) is 10.6 Å². The van der Waals surface area contributed by atoms with Crippen LogP contribution in [0.3, 0.4) is 0 Å². The molecule has 1 aliphatic rings. The fourth-order valence-corrected chi connectivity index (χ4v) is 2.46. The molecule has 1 aromatic rings. The summed E-state index contributed by atoms with van der Waals surface area (Å²) in [6.45, 7) is 0.712. The minimum atomic E-state index is -0.404. The number of carbonyl (C=O) groups excluding carboxylic acids is 1. The SMILES string of the molecule is COC(=O)N[C@H](CSc1ccccc1)[C@@H]1CO1. The predicted octanol–water partition coefficient (Wildman–Crippen LogP) is 1.90. The fourth-order valence-electron chi connectivity index (χ4n) is 1.44. The second-order valence-corrected chi connectivity index (χ2v) is 4.83. The summed E-state index contributed by atoms with van der Waals surface area (Å²) in [7, 11) is 1.37. The highest BCUT2D eigenvalue weighted by Gasteiger charge is 2.34. The highest BCUT2D eigenvalue weighted by Crippen LogP contribution is 2.23. The van der Waals surface area contributed by atoms with Crippen LogP contribution in [0, 0.1) is 0 Å². The van der Waals surface area contributed by atoms with E-state index in [1.54, 1.807) is 11.8 Å². The third kappa shape index (κ3) is 3.94. The summed E-state index contributed by atoms with van der Waals surface area (Å²) < 4.78 is 9.82. The number of carbonyl (C=O) groups is 1. The highest BCUT2D eigenvalue weighted by atomic mass is 32.2. The molecule has 4 nitrogen and oxygen atoms in total. The molecule has 92 valence electrons. The largest absolute Gasteiger partial charge is 0.453 e. The van der Waals surface area contributed by atoms with Crippen molar-refractivity contribution in [3.05, 3.63) is 30.3 Å². The number of epoxide rings is 1. The lowest BCUT2D eigenvalue weighted by Crippen LogP contribution is -2.40. The second-order valence-electron chi connectivity index (χ2n) is 3.74. The van der Waals surface area contributed by atoms with Gasteiger partial charge in [-0.3, -0.25) is 0 Å². The zero-order chi connectivity index (χ0) is 12.1. The van der Waals surface area contributed by atoms with E-state index in [1.165, 1.54) is 12.0 Å². The molecule has 0 saturated carbocycles. The van der Waals surface area contributed by atoms with Gasteiger partial charge < -0.3 is 14.8 Å². The first-order chi connectivity index (χ1) is 8.29. The van der Waals surface area contributed by atoms with E-state index >= 15 is 0 Å². The second kappa shape index (κ2) is 5.93. The molecule has 1 amide bonds. The molecule has 0 radical (unpaired) electrons. The van der Waals surface area contributed by atoms with Crippen LogP contribution in [0.25, 0.3) is 0 Å². The molecule has 0 bridgehead atoms. The molecule has 0 aromatic heterocycles. The summed E-state index contributed by atoms with van der Waals surface area (Å²) in [5, 5.41) is 2.79. The fraction of sp³-hybridized carbons (Fsp3) is 0.417. The number of amides is 1. The summed E-state index contributed by atoms with van der Waals surface area (Å²) in [5.74, 6) is 0.782. The quantitative estimate of drug-likeness (QED) is 0.643. The number of hydrogen-bond donors (Lipinski definition) is 1. The maximum absolute atomic E-state index is 11.2. The van der Waals surface area contributed by atoms with E-state index in [4.69, 9.17) is 4.74 Å². The van der Waals surface area contributed by atoms with Gasteiger partial charge in [0.25, 0.3) is 0 Å². The Morgan fingerprint density at radius 1 is 1.59 bits per heavy atom. The predicted molar refractivity (Wildman–Crippen MR) is 66.2 cm³/mol. The van der Waals surface area contributed by atoms with Gasteiger partial charge in [0.05, 0.1) is 19.8 Å². The average molecular weight is 253 g/mol. The Labute approximate surface area is 105 Å². The Morgan fingerprint density at radius 2 is 2.29 bits per heavy atom. The van der Waals surface area contributed by atoms with Crippen molar-refractivity contribution in [1.82, 2.24) is 5.32 Å². The third-order valence-corrected chi connectivity index (χ3v) is 3.60. The van der Waals surface area contributed by atoms with Crippen LogP contribution in [0.4, 0.5) is 4.79 Å². The van der Waals surface area contributed by atoms with Crippen molar-refractivity contribution in [1.29, 1.82) is 0 Å². The Hall–Kier alpha value is -1.20. The van der Waals surface area contributed by atoms with Gasteiger partial charge in [0.15, 0.2) is 0 Å². The molecule has 2 atom stereocenters. The molecular formula is C12H15NO3S. The van der Waals surface area contributed by atoms with Crippen molar-refractivity contribution in [3.8, 4) is 0 Å². The maximum atomic E-state index is 11.2. The molecule has 17 heavy (non-hydrogen) atoms. The first-order valence-electron chi connectivity index (χ1n) is 5.43. The number of nitrogens with one attached hydrogen (secondary N) is 1. The lowest BCUT2D eigenvalue weighted by molar-refractivity contribution is 0.165. The van der Waals surface area contributed by atoms with E-state index in [1.807, 2.05) is 30.3 Å². The van der Waals surface area contributed by atoms with Gasteiger partial charge in [0.1, 0.15) is 6.10 Å². The van der Waals surface area contributed by atoms with Gasteiger partial charge in [-0.2, -0.15) is 0 Å². The normalized spacial score (nSPS) is 19.5. The van der Waals surface area contributed by atoms with Crippen molar-refractivity contribution in [2.75, 3.05) is 19.5 Å². The number of alkyl carbamates (subject to hydrolysis) is 1. The maximum Gasteiger partial charge on any atom is 0.407 e. The first-order valence-corrected chi connectivity index (χ1v) is 6.42. The van der Waals surface area contributed by atoms with E-state index in [2.05, 4.69) is 10.1 Å². The molecule has 1 N–H and O–H groups in total. The molecule has 1 heterocycles. The Morgan fingerprint density at radius 3 is 2.88 bits per heavy atom. The molecule has 0 aliphatic carbocycles. The van der Waals surface area contributed by atoms with E-state index in [9.17, 15) is 4.79 Å². The molecule has 2 rings (SSSR count). The van der Waals surface area contributed by atoms with Gasteiger partial charge in [-0.25, -0.2) is 4.79 Å². The van der Waals surface area contributed by atoms with E-state index in [0.29, 0.717) is 6.61 Å². The zero-order valence-electron chi connectivity index (χ0n) is 9.59. The third-order valence-electron chi connectivity index (χ3n) is 2.47. The number of thioether (sulfide) groups is 1. The van der Waals surface area contributed by atoms with Crippen LogP contribution in [0.15, 0.2) is 35.2 Å². The van der Waals surface area contributed by atoms with Crippen LogP contribution in [0.1, 0.15) is 0 Å². The lowest BCUT2D eigenvalue weighted by Gasteiger charge is -2.15. The zero-order valence-corrected chi connectivity index (χ0v) is 10.4. The summed E-state index contributed by atoms with van der Waals surface area (Å²) in [5.41, 5.74) is 0. The molecule has 0 unspecified atom stereocenters. The minimum absolute atomic E-state index is 0.00709. The molecule has 1 saturated heterocycles. The molecule has 1 aromatic carbocycles. The summed E-state index contributed by atoms with van der Waals surface area (Å²) in [4.78, 5) is 12.4. The van der Waals surface area contributed by atoms with E-state index in [0.717, 1.165) is 5.75 Å². The topological polar surface area (TPSA) is 50.9 Å². The van der Waals surface area contributed by atoms with Crippen molar-refractivity contribution in [2.45, 2.75) is 17.0 Å². The highest BCUT2D eigenvalue weighted by molar-refractivity contribution is 7.99. The van der Waals surface area contributed by atoms with Crippen LogP contribution in [-0.4, -0.2) is 37.7 Å². The lowest BCUT2D eigenvalue weighted by atomic mass is 10.2. The van der Waals surface area contributed by atoms with Crippen LogP contribution in [0.5, 0.6) is 0 Å². The molecule has 5 heteroatoms. The number of hydrogen-bond acceptors (Lipinski definition) is 4. The Kier molecular flexibility index (Phi) is 4.28. The van der Waals surface area contributed by atoms with Gasteiger partial charge in [-0.05, 0) is 12.1 Å². The van der Waals surface area contributed by atoms with Crippen LogP contribution < -0.4 is 5.32 Å². The Balaban J connectivity index is 1.83. The smallest absolute Gasteiger partial charge is 0.407 e. The number of benzene rings is 1. The van der Waals surface area contributed by atoms with Crippen molar-refractivity contribution in [2.24, 2.45) is 0 Å². The van der Waals surface area contributed by atoms with Crippen molar-refractivity contribution < 1.29 is 14.3 Å².